The van der Waals surface area contributed by atoms with Crippen molar-refractivity contribution in [1.29, 1.82) is 0 Å². The van der Waals surface area contributed by atoms with Crippen molar-refractivity contribution < 1.29 is 18.3 Å². The summed E-state index contributed by atoms with van der Waals surface area (Å²) in [5.41, 5.74) is 5.00. The maximum absolute atomic E-state index is 13.0. The van der Waals surface area contributed by atoms with Crippen molar-refractivity contribution in [3.63, 3.8) is 0 Å². The highest BCUT2D eigenvalue weighted by Gasteiger charge is 2.32. The molecule has 0 unspecified atom stereocenters. The standard InChI is InChI=1S/C31H40ClN5O4S/c1-18(2)42(39,40)27-9-7-6-8-25(27)34-30-24(32)16-33-31(36-30)35-26-14-19(3)28(23-15-21(5)41-29(23)26)22-10-12-37(13-11-22)17-20(4)38/h6-9,14,16,18,20-22,38H,10-13,15,17H2,1-5H3,(H2,33,34,35,36)/t20-,21-/m1/s1. The van der Waals surface area contributed by atoms with Gasteiger partial charge in [0.25, 0.3) is 0 Å². The van der Waals surface area contributed by atoms with Gasteiger partial charge in [-0.25, -0.2) is 13.4 Å². The zero-order valence-electron chi connectivity index (χ0n) is 24.8. The minimum atomic E-state index is -3.53. The molecule has 2 aliphatic rings. The summed E-state index contributed by atoms with van der Waals surface area (Å²) in [6.07, 6.45) is 4.16. The number of benzene rings is 2. The van der Waals surface area contributed by atoms with Gasteiger partial charge in [-0.1, -0.05) is 23.7 Å². The lowest BCUT2D eigenvalue weighted by Gasteiger charge is -2.34. The lowest BCUT2D eigenvalue weighted by atomic mass is 9.82. The monoisotopic (exact) mass is 613 g/mol. The summed E-state index contributed by atoms with van der Waals surface area (Å²) >= 11 is 6.45. The van der Waals surface area contributed by atoms with E-state index in [2.05, 4.69) is 45.4 Å². The fourth-order valence-electron chi connectivity index (χ4n) is 6.02. The zero-order valence-corrected chi connectivity index (χ0v) is 26.4. The summed E-state index contributed by atoms with van der Waals surface area (Å²) in [6, 6.07) is 8.83. The first-order valence-electron chi connectivity index (χ1n) is 14.6. The van der Waals surface area contributed by atoms with E-state index < -0.39 is 15.1 Å². The van der Waals surface area contributed by atoms with Crippen LogP contribution in [0.3, 0.4) is 0 Å². The Kier molecular flexibility index (Phi) is 8.99. The number of halogens is 1. The van der Waals surface area contributed by atoms with Crippen molar-refractivity contribution >= 4 is 44.6 Å². The van der Waals surface area contributed by atoms with E-state index in [0.29, 0.717) is 29.9 Å². The second kappa shape index (κ2) is 12.4. The van der Waals surface area contributed by atoms with Crippen LogP contribution in [0.15, 0.2) is 41.4 Å². The van der Waals surface area contributed by atoms with Crippen LogP contribution in [0.5, 0.6) is 5.75 Å². The molecule has 3 heterocycles. The number of aliphatic hydroxyl groups is 1. The second-order valence-electron chi connectivity index (χ2n) is 11.7. The first-order valence-corrected chi connectivity index (χ1v) is 16.5. The maximum atomic E-state index is 13.0. The number of para-hydroxylation sites is 1. The molecule has 1 saturated heterocycles. The lowest BCUT2D eigenvalue weighted by molar-refractivity contribution is 0.109. The molecule has 3 aromatic rings. The summed E-state index contributed by atoms with van der Waals surface area (Å²) in [7, 11) is -3.53. The zero-order chi connectivity index (χ0) is 30.2. The van der Waals surface area contributed by atoms with Crippen LogP contribution in [0, 0.1) is 6.92 Å². The predicted octanol–water partition coefficient (Wildman–Crippen LogP) is 5.99. The molecule has 9 nitrogen and oxygen atoms in total. The Labute approximate surface area is 253 Å². The van der Waals surface area contributed by atoms with Gasteiger partial charge in [-0.05, 0) is 95.8 Å². The number of rotatable bonds is 9. The largest absolute Gasteiger partial charge is 0.488 e. The molecule has 1 fully saturated rings. The Morgan fingerprint density at radius 3 is 2.55 bits per heavy atom. The van der Waals surface area contributed by atoms with Crippen molar-refractivity contribution in [3.05, 3.63) is 58.2 Å². The number of likely N-dealkylation sites (tertiary alicyclic amines) is 1. The Balaban J connectivity index is 1.42. The van der Waals surface area contributed by atoms with Crippen LogP contribution < -0.4 is 15.4 Å². The van der Waals surface area contributed by atoms with Gasteiger partial charge >= 0.3 is 0 Å². The molecule has 2 aliphatic heterocycles. The number of ether oxygens (including phenoxy) is 1. The molecular weight excluding hydrogens is 574 g/mol. The van der Waals surface area contributed by atoms with Crippen LogP contribution in [-0.2, 0) is 16.3 Å². The minimum absolute atomic E-state index is 0.0548. The van der Waals surface area contributed by atoms with E-state index in [1.54, 1.807) is 38.1 Å². The molecule has 0 bridgehead atoms. The van der Waals surface area contributed by atoms with E-state index in [1.165, 1.54) is 22.9 Å². The third-order valence-electron chi connectivity index (χ3n) is 8.02. The van der Waals surface area contributed by atoms with Gasteiger partial charge < -0.3 is 25.4 Å². The topological polar surface area (TPSA) is 117 Å². The summed E-state index contributed by atoms with van der Waals surface area (Å²) in [5, 5.41) is 15.9. The van der Waals surface area contributed by atoms with E-state index in [1.807, 2.05) is 6.92 Å². The highest BCUT2D eigenvalue weighted by Crippen LogP contribution is 2.46. The van der Waals surface area contributed by atoms with Crippen molar-refractivity contribution in [2.75, 3.05) is 30.3 Å². The van der Waals surface area contributed by atoms with E-state index in [9.17, 15) is 13.5 Å². The van der Waals surface area contributed by atoms with Crippen LogP contribution in [0.4, 0.5) is 23.1 Å². The number of aromatic nitrogens is 2. The second-order valence-corrected chi connectivity index (χ2v) is 14.6. The van der Waals surface area contributed by atoms with Crippen molar-refractivity contribution in [1.82, 2.24) is 14.9 Å². The number of β-amino-alcohol motifs (C(OH)–C–C–N with tert-alkyl or cyclic N) is 1. The van der Waals surface area contributed by atoms with Crippen LogP contribution in [0.1, 0.15) is 63.1 Å². The number of hydrogen-bond donors (Lipinski definition) is 3. The van der Waals surface area contributed by atoms with E-state index in [-0.39, 0.29) is 22.1 Å². The quantitative estimate of drug-likeness (QED) is 0.267. The Bertz CT molecular complexity index is 1560. The van der Waals surface area contributed by atoms with Crippen LogP contribution in [0.25, 0.3) is 0 Å². The Morgan fingerprint density at radius 2 is 1.86 bits per heavy atom. The van der Waals surface area contributed by atoms with Gasteiger partial charge in [0.05, 0.1) is 33.8 Å². The number of hydrogen-bond acceptors (Lipinski definition) is 9. The Morgan fingerprint density at radius 1 is 1.14 bits per heavy atom. The minimum Gasteiger partial charge on any atom is -0.488 e. The molecule has 226 valence electrons. The van der Waals surface area contributed by atoms with Crippen LogP contribution in [0.2, 0.25) is 5.02 Å². The first-order chi connectivity index (χ1) is 19.9. The normalized spacial score (nSPS) is 18.5. The molecule has 0 saturated carbocycles. The van der Waals surface area contributed by atoms with Crippen molar-refractivity contribution in [2.45, 2.75) is 82.2 Å². The molecule has 3 N–H and O–H groups in total. The number of fused-ring (bicyclic) bond motifs is 1. The highest BCUT2D eigenvalue weighted by atomic mass is 35.5. The molecule has 11 heteroatoms. The SMILES string of the molecule is Cc1cc(Nc2ncc(Cl)c(Nc3ccccc3S(=O)(=O)C(C)C)n2)c2c(c1C1CCN(C[C@@H](C)O)CC1)C[C@@H](C)O2. The van der Waals surface area contributed by atoms with Crippen LogP contribution >= 0.6 is 11.6 Å². The van der Waals surface area contributed by atoms with E-state index in [4.69, 9.17) is 16.3 Å². The smallest absolute Gasteiger partial charge is 0.229 e. The molecule has 0 aliphatic carbocycles. The van der Waals surface area contributed by atoms with Crippen molar-refractivity contribution in [2.24, 2.45) is 0 Å². The third-order valence-corrected chi connectivity index (χ3v) is 10.5. The number of nitrogens with zero attached hydrogens (tertiary/aromatic N) is 3. The molecule has 2 aromatic carbocycles. The number of anilines is 4. The molecular formula is C31H40ClN5O4S. The fourth-order valence-corrected chi connectivity index (χ4v) is 7.36. The number of aryl methyl sites for hydroxylation is 1. The molecule has 5 rings (SSSR count). The van der Waals surface area contributed by atoms with Crippen molar-refractivity contribution in [3.8, 4) is 5.75 Å². The van der Waals surface area contributed by atoms with E-state index in [0.717, 1.165) is 43.8 Å². The number of piperidine rings is 1. The van der Waals surface area contributed by atoms with Gasteiger partial charge in [0.1, 0.15) is 16.9 Å². The summed E-state index contributed by atoms with van der Waals surface area (Å²) in [5.74, 6) is 1.88. The maximum Gasteiger partial charge on any atom is 0.229 e. The van der Waals surface area contributed by atoms with Gasteiger partial charge in [-0.15, -0.1) is 0 Å². The molecule has 0 radical (unpaired) electrons. The number of aliphatic hydroxyl groups excluding tert-OH is 1. The first kappa shape index (κ1) is 30.5. The predicted molar refractivity (Wildman–Crippen MR) is 167 cm³/mol. The summed E-state index contributed by atoms with van der Waals surface area (Å²) in [6.45, 7) is 12.0. The molecule has 0 spiro atoms. The summed E-state index contributed by atoms with van der Waals surface area (Å²) < 4.78 is 32.2. The molecule has 42 heavy (non-hydrogen) atoms. The Hall–Kier alpha value is -2.92. The third kappa shape index (κ3) is 6.37. The number of sulfone groups is 1. The molecule has 0 amide bonds. The van der Waals surface area contributed by atoms with Crippen LogP contribution in [-0.4, -0.2) is 65.5 Å². The van der Waals surface area contributed by atoms with Gasteiger partial charge in [0.2, 0.25) is 5.95 Å². The molecule has 1 aromatic heterocycles. The fraction of sp³-hybridized carbons (Fsp3) is 0.484. The lowest BCUT2D eigenvalue weighted by Crippen LogP contribution is -2.37. The highest BCUT2D eigenvalue weighted by molar-refractivity contribution is 7.92. The van der Waals surface area contributed by atoms with Gasteiger partial charge in [-0.3, -0.25) is 0 Å². The number of nitrogens with one attached hydrogen (secondary N) is 2. The average Bonchev–Trinajstić information content (AvgIpc) is 3.32. The molecule has 2 atom stereocenters. The average molecular weight is 614 g/mol. The van der Waals surface area contributed by atoms with E-state index >= 15 is 0 Å². The van der Waals surface area contributed by atoms with Gasteiger partial charge in [0.15, 0.2) is 15.7 Å². The summed E-state index contributed by atoms with van der Waals surface area (Å²) in [4.78, 5) is 11.5. The van der Waals surface area contributed by atoms with Gasteiger partial charge in [0, 0.05) is 18.5 Å². The van der Waals surface area contributed by atoms with Gasteiger partial charge in [-0.2, -0.15) is 4.98 Å².